The summed E-state index contributed by atoms with van der Waals surface area (Å²) in [5, 5.41) is 24.5. The van der Waals surface area contributed by atoms with Crippen LogP contribution in [0.4, 0.5) is 0 Å². The molecule has 2 N–H and O–H groups in total. The number of tetrazole rings is 1. The number of rotatable bonds is 5. The Hall–Kier alpha value is -2.09. The van der Waals surface area contributed by atoms with Crippen molar-refractivity contribution < 1.29 is 9.90 Å². The number of phenolic OH excluding ortho intramolecular Hbond substituents is 1. The molecular formula is C17H23N5O2S. The SMILES string of the molecule is C[C@H](Sc1nnnn1-c1ccc(O)cc1)C(=O)N[C@H]1CCCC[C@H]1C. The highest BCUT2D eigenvalue weighted by molar-refractivity contribution is 8.00. The minimum absolute atomic E-state index is 0.0176. The summed E-state index contributed by atoms with van der Waals surface area (Å²) in [5.74, 6) is 0.724. The molecule has 1 heterocycles. The lowest BCUT2D eigenvalue weighted by Crippen LogP contribution is -2.44. The van der Waals surface area contributed by atoms with Crippen LogP contribution in [0.15, 0.2) is 29.4 Å². The second-order valence-corrected chi connectivity index (χ2v) is 7.83. The van der Waals surface area contributed by atoms with Crippen molar-refractivity contribution in [2.24, 2.45) is 5.92 Å². The molecule has 25 heavy (non-hydrogen) atoms. The third-order valence-corrected chi connectivity index (χ3v) is 5.66. The molecule has 8 heteroatoms. The number of phenols is 1. The highest BCUT2D eigenvalue weighted by Gasteiger charge is 2.26. The lowest BCUT2D eigenvalue weighted by Gasteiger charge is -2.30. The molecule has 0 bridgehead atoms. The van der Waals surface area contributed by atoms with Gasteiger partial charge in [0.1, 0.15) is 5.75 Å². The van der Waals surface area contributed by atoms with Gasteiger partial charge < -0.3 is 10.4 Å². The first-order valence-corrected chi connectivity index (χ1v) is 9.47. The average Bonchev–Trinajstić information content (AvgIpc) is 3.05. The van der Waals surface area contributed by atoms with Gasteiger partial charge in [-0.05, 0) is 60.4 Å². The second kappa shape index (κ2) is 7.86. The molecule has 7 nitrogen and oxygen atoms in total. The number of nitrogens with one attached hydrogen (secondary N) is 1. The summed E-state index contributed by atoms with van der Waals surface area (Å²) in [5.41, 5.74) is 0.735. The van der Waals surface area contributed by atoms with Crippen LogP contribution in [0.25, 0.3) is 5.69 Å². The predicted octanol–water partition coefficient (Wildman–Crippen LogP) is 2.54. The lowest BCUT2D eigenvalue weighted by molar-refractivity contribution is -0.121. The van der Waals surface area contributed by atoms with Crippen molar-refractivity contribution in [2.45, 2.75) is 56.0 Å². The van der Waals surface area contributed by atoms with Crippen LogP contribution in [0.1, 0.15) is 39.5 Å². The Morgan fingerprint density at radius 3 is 2.76 bits per heavy atom. The van der Waals surface area contributed by atoms with Crippen molar-refractivity contribution in [3.63, 3.8) is 0 Å². The van der Waals surface area contributed by atoms with E-state index in [1.807, 2.05) is 6.92 Å². The number of hydrogen-bond donors (Lipinski definition) is 2. The molecule has 3 rings (SSSR count). The molecule has 1 amide bonds. The van der Waals surface area contributed by atoms with Gasteiger partial charge in [0.25, 0.3) is 0 Å². The van der Waals surface area contributed by atoms with E-state index in [2.05, 4.69) is 27.8 Å². The summed E-state index contributed by atoms with van der Waals surface area (Å²) < 4.78 is 1.57. The summed E-state index contributed by atoms with van der Waals surface area (Å²) in [6, 6.07) is 6.87. The molecule has 1 aromatic carbocycles. The van der Waals surface area contributed by atoms with E-state index in [1.165, 1.54) is 31.0 Å². The molecule has 1 aliphatic carbocycles. The zero-order valence-corrected chi connectivity index (χ0v) is 15.2. The van der Waals surface area contributed by atoms with Crippen molar-refractivity contribution in [1.29, 1.82) is 0 Å². The van der Waals surface area contributed by atoms with Gasteiger partial charge in [0.05, 0.1) is 10.9 Å². The van der Waals surface area contributed by atoms with Crippen molar-refractivity contribution in [3.05, 3.63) is 24.3 Å². The summed E-state index contributed by atoms with van der Waals surface area (Å²) in [6.07, 6.45) is 4.65. The Kier molecular flexibility index (Phi) is 5.57. The van der Waals surface area contributed by atoms with Crippen molar-refractivity contribution in [1.82, 2.24) is 25.5 Å². The standard InChI is InChI=1S/C17H23N5O2S/c1-11-5-3-4-6-15(11)18-16(24)12(2)25-17-19-20-21-22(17)13-7-9-14(23)10-8-13/h7-12,15,23H,3-6H2,1-2H3,(H,18,24)/t11-,12+,15+/m1/s1. The van der Waals surface area contributed by atoms with Crippen LogP contribution >= 0.6 is 11.8 Å². The smallest absolute Gasteiger partial charge is 0.233 e. The quantitative estimate of drug-likeness (QED) is 0.795. The summed E-state index contributed by atoms with van der Waals surface area (Å²) in [6.45, 7) is 4.07. The maximum Gasteiger partial charge on any atom is 0.233 e. The number of benzene rings is 1. The Bertz CT molecular complexity index is 718. The van der Waals surface area contributed by atoms with Gasteiger partial charge in [-0.15, -0.1) is 5.10 Å². The Morgan fingerprint density at radius 2 is 2.04 bits per heavy atom. The highest BCUT2D eigenvalue weighted by Crippen LogP contribution is 2.26. The van der Waals surface area contributed by atoms with Gasteiger partial charge in [-0.3, -0.25) is 4.79 Å². The zero-order chi connectivity index (χ0) is 17.8. The molecular weight excluding hydrogens is 338 g/mol. The topological polar surface area (TPSA) is 92.9 Å². The van der Waals surface area contributed by atoms with Gasteiger partial charge in [0.15, 0.2) is 0 Å². The van der Waals surface area contributed by atoms with E-state index in [-0.39, 0.29) is 22.9 Å². The van der Waals surface area contributed by atoms with Crippen LogP contribution in [-0.2, 0) is 4.79 Å². The average molecular weight is 361 g/mol. The van der Waals surface area contributed by atoms with E-state index in [4.69, 9.17) is 0 Å². The fourth-order valence-electron chi connectivity index (χ4n) is 3.05. The van der Waals surface area contributed by atoms with Gasteiger partial charge in [-0.1, -0.05) is 31.5 Å². The van der Waals surface area contributed by atoms with Crippen LogP contribution in [0.5, 0.6) is 5.75 Å². The minimum Gasteiger partial charge on any atom is -0.508 e. The maximum atomic E-state index is 12.5. The van der Waals surface area contributed by atoms with E-state index >= 15 is 0 Å². The molecule has 1 aliphatic rings. The van der Waals surface area contributed by atoms with Gasteiger partial charge >= 0.3 is 0 Å². The summed E-state index contributed by atoms with van der Waals surface area (Å²) >= 11 is 1.33. The van der Waals surface area contributed by atoms with Gasteiger partial charge in [-0.25, -0.2) is 0 Å². The number of aromatic hydroxyl groups is 1. The first kappa shape index (κ1) is 17.7. The normalized spacial score (nSPS) is 21.7. The zero-order valence-electron chi connectivity index (χ0n) is 14.4. The molecule has 1 aromatic heterocycles. The van der Waals surface area contributed by atoms with E-state index in [0.717, 1.165) is 12.1 Å². The molecule has 0 unspecified atom stereocenters. The first-order valence-electron chi connectivity index (χ1n) is 8.59. The van der Waals surface area contributed by atoms with E-state index in [1.54, 1.807) is 28.9 Å². The first-order chi connectivity index (χ1) is 12.0. The number of carbonyl (C=O) groups is 1. The fourth-order valence-corrected chi connectivity index (χ4v) is 3.87. The van der Waals surface area contributed by atoms with Crippen LogP contribution in [0, 0.1) is 5.92 Å². The molecule has 134 valence electrons. The molecule has 0 aliphatic heterocycles. The van der Waals surface area contributed by atoms with E-state index in [0.29, 0.717) is 11.1 Å². The third-order valence-electron chi connectivity index (χ3n) is 4.63. The van der Waals surface area contributed by atoms with Crippen LogP contribution in [-0.4, -0.2) is 42.5 Å². The number of amides is 1. The Labute approximate surface area is 151 Å². The van der Waals surface area contributed by atoms with Crippen molar-refractivity contribution in [3.8, 4) is 11.4 Å². The van der Waals surface area contributed by atoms with Crippen LogP contribution < -0.4 is 5.32 Å². The molecule has 0 radical (unpaired) electrons. The number of thioether (sulfide) groups is 1. The van der Waals surface area contributed by atoms with Crippen molar-refractivity contribution >= 4 is 17.7 Å². The van der Waals surface area contributed by atoms with E-state index in [9.17, 15) is 9.90 Å². The fraction of sp³-hybridized carbons (Fsp3) is 0.529. The number of carbonyl (C=O) groups excluding carboxylic acids is 1. The largest absolute Gasteiger partial charge is 0.508 e. The van der Waals surface area contributed by atoms with Crippen LogP contribution in [0.3, 0.4) is 0 Å². The molecule has 2 aromatic rings. The number of aromatic nitrogens is 4. The van der Waals surface area contributed by atoms with Crippen molar-refractivity contribution in [2.75, 3.05) is 0 Å². The van der Waals surface area contributed by atoms with E-state index < -0.39 is 0 Å². The molecule has 0 saturated heterocycles. The van der Waals surface area contributed by atoms with Gasteiger partial charge in [0, 0.05) is 6.04 Å². The molecule has 1 saturated carbocycles. The summed E-state index contributed by atoms with van der Waals surface area (Å²) in [4.78, 5) is 12.5. The van der Waals surface area contributed by atoms with Gasteiger partial charge in [0.2, 0.25) is 11.1 Å². The predicted molar refractivity (Wildman–Crippen MR) is 95.7 cm³/mol. The van der Waals surface area contributed by atoms with Crippen LogP contribution in [0.2, 0.25) is 0 Å². The minimum atomic E-state index is -0.295. The highest BCUT2D eigenvalue weighted by atomic mass is 32.2. The number of hydrogen-bond acceptors (Lipinski definition) is 6. The van der Waals surface area contributed by atoms with Gasteiger partial charge in [-0.2, -0.15) is 4.68 Å². The summed E-state index contributed by atoms with van der Waals surface area (Å²) in [7, 11) is 0. The molecule has 1 fully saturated rings. The molecule has 3 atom stereocenters. The second-order valence-electron chi connectivity index (χ2n) is 6.53. The Morgan fingerprint density at radius 1 is 1.32 bits per heavy atom. The number of nitrogens with zero attached hydrogens (tertiary/aromatic N) is 4. The maximum absolute atomic E-state index is 12.5. The lowest BCUT2D eigenvalue weighted by atomic mass is 9.86. The third kappa shape index (κ3) is 4.31. The molecule has 0 spiro atoms. The Balaban J connectivity index is 1.65. The monoisotopic (exact) mass is 361 g/mol.